The minimum absolute atomic E-state index is 0.103. The van der Waals surface area contributed by atoms with Crippen LogP contribution < -0.4 is 0 Å². The van der Waals surface area contributed by atoms with E-state index in [1.54, 1.807) is 24.3 Å². The van der Waals surface area contributed by atoms with Crippen LogP contribution in [-0.2, 0) is 11.2 Å². The van der Waals surface area contributed by atoms with Gasteiger partial charge in [0.1, 0.15) is 5.82 Å². The number of hydrogen-bond acceptors (Lipinski definition) is 1. The molecule has 1 heterocycles. The molecule has 0 spiro atoms. The first-order valence-electron chi connectivity index (χ1n) is 11.4. The lowest BCUT2D eigenvalue weighted by Crippen LogP contribution is -2.25. The molecule has 164 valence electrons. The van der Waals surface area contributed by atoms with Gasteiger partial charge in [0.25, 0.3) is 0 Å². The Morgan fingerprint density at radius 1 is 0.900 bits per heavy atom. The monoisotopic (exact) mass is 418 g/mol. The molecule has 2 aromatic carbocycles. The van der Waals surface area contributed by atoms with Gasteiger partial charge in [-0.2, -0.15) is 0 Å². The second-order valence-corrected chi connectivity index (χ2v) is 8.47. The molecule has 2 unspecified atom stereocenters. The standard InChI is InChI=1S/C26H33F3O/c1-3-5-7-9-21-13-12-20(17-30-21)23-15-14-22(25(28)26(23)29)19-11-10-18(8-6-4-2)24(27)16-19/h10-11,14-16,20-21H,3-9,12-13,17H2,1-2H3. The largest absolute Gasteiger partial charge is 0.378 e. The van der Waals surface area contributed by atoms with Crippen LogP contribution in [0.3, 0.4) is 0 Å². The molecule has 1 fully saturated rings. The highest BCUT2D eigenvalue weighted by Gasteiger charge is 2.27. The second-order valence-electron chi connectivity index (χ2n) is 8.47. The molecule has 0 bridgehead atoms. The highest BCUT2D eigenvalue weighted by atomic mass is 19.2. The molecule has 0 saturated carbocycles. The third-order valence-corrected chi connectivity index (χ3v) is 6.22. The molecular weight excluding hydrogens is 385 g/mol. The highest BCUT2D eigenvalue weighted by Crippen LogP contribution is 2.35. The van der Waals surface area contributed by atoms with Gasteiger partial charge < -0.3 is 4.74 Å². The van der Waals surface area contributed by atoms with Crippen molar-refractivity contribution in [3.8, 4) is 11.1 Å². The Balaban J connectivity index is 1.71. The zero-order chi connectivity index (χ0) is 21.5. The number of hydrogen-bond donors (Lipinski definition) is 0. The van der Waals surface area contributed by atoms with E-state index in [2.05, 4.69) is 13.8 Å². The van der Waals surface area contributed by atoms with E-state index in [0.717, 1.165) is 38.5 Å². The Bertz CT molecular complexity index is 825. The number of benzene rings is 2. The van der Waals surface area contributed by atoms with Gasteiger partial charge in [0, 0.05) is 11.5 Å². The summed E-state index contributed by atoms with van der Waals surface area (Å²) in [6.07, 6.45) is 9.00. The van der Waals surface area contributed by atoms with E-state index >= 15 is 0 Å². The van der Waals surface area contributed by atoms with Crippen LogP contribution in [0.4, 0.5) is 13.2 Å². The number of unbranched alkanes of at least 4 members (excludes halogenated alkanes) is 3. The van der Waals surface area contributed by atoms with Crippen LogP contribution >= 0.6 is 0 Å². The summed E-state index contributed by atoms with van der Waals surface area (Å²) in [5.74, 6) is -2.23. The van der Waals surface area contributed by atoms with Crippen molar-refractivity contribution in [2.45, 2.75) is 83.7 Å². The molecule has 3 rings (SSSR count). The molecule has 0 aliphatic carbocycles. The Kier molecular flexibility index (Phi) is 8.38. The molecule has 2 atom stereocenters. The van der Waals surface area contributed by atoms with Crippen molar-refractivity contribution in [3.63, 3.8) is 0 Å². The maximum atomic E-state index is 14.9. The minimum Gasteiger partial charge on any atom is -0.378 e. The molecule has 0 aromatic heterocycles. The maximum absolute atomic E-state index is 14.9. The van der Waals surface area contributed by atoms with Gasteiger partial charge in [0.15, 0.2) is 11.6 Å². The van der Waals surface area contributed by atoms with Crippen LogP contribution in [0.25, 0.3) is 11.1 Å². The van der Waals surface area contributed by atoms with Gasteiger partial charge in [0.2, 0.25) is 0 Å². The van der Waals surface area contributed by atoms with Gasteiger partial charge >= 0.3 is 0 Å². The van der Waals surface area contributed by atoms with E-state index in [1.165, 1.54) is 18.9 Å². The second kappa shape index (κ2) is 11.0. The average Bonchev–Trinajstić information content (AvgIpc) is 2.75. The van der Waals surface area contributed by atoms with E-state index in [0.29, 0.717) is 29.7 Å². The Morgan fingerprint density at radius 2 is 1.70 bits per heavy atom. The fraction of sp³-hybridized carbons (Fsp3) is 0.538. The normalized spacial score (nSPS) is 19.2. The summed E-state index contributed by atoms with van der Waals surface area (Å²) >= 11 is 0. The molecule has 1 aliphatic heterocycles. The lowest BCUT2D eigenvalue weighted by molar-refractivity contribution is -0.00277. The van der Waals surface area contributed by atoms with Gasteiger partial charge in [-0.05, 0) is 54.9 Å². The van der Waals surface area contributed by atoms with Crippen LogP contribution in [0, 0.1) is 17.5 Å². The van der Waals surface area contributed by atoms with E-state index < -0.39 is 11.6 Å². The molecule has 1 nitrogen and oxygen atoms in total. The predicted molar refractivity (Wildman–Crippen MR) is 116 cm³/mol. The lowest BCUT2D eigenvalue weighted by atomic mass is 9.88. The Labute approximate surface area is 178 Å². The van der Waals surface area contributed by atoms with Crippen molar-refractivity contribution in [1.29, 1.82) is 0 Å². The topological polar surface area (TPSA) is 9.23 Å². The van der Waals surface area contributed by atoms with E-state index in [1.807, 2.05) is 0 Å². The van der Waals surface area contributed by atoms with Gasteiger partial charge in [-0.1, -0.05) is 63.8 Å². The SMILES string of the molecule is CCCCCC1CCC(c2ccc(-c3ccc(CCCC)c(F)c3)c(F)c2F)CO1. The first kappa shape index (κ1) is 22.9. The Hall–Kier alpha value is -1.81. The molecule has 1 aliphatic rings. The van der Waals surface area contributed by atoms with Crippen molar-refractivity contribution >= 4 is 0 Å². The summed E-state index contributed by atoms with van der Waals surface area (Å²) < 4.78 is 50.1. The fourth-order valence-electron chi connectivity index (χ4n) is 4.29. The summed E-state index contributed by atoms with van der Waals surface area (Å²) in [6.45, 7) is 4.65. The summed E-state index contributed by atoms with van der Waals surface area (Å²) in [5.41, 5.74) is 1.45. The molecule has 30 heavy (non-hydrogen) atoms. The molecule has 4 heteroatoms. The minimum atomic E-state index is -0.904. The van der Waals surface area contributed by atoms with E-state index in [4.69, 9.17) is 4.74 Å². The van der Waals surface area contributed by atoms with Crippen molar-refractivity contribution in [2.24, 2.45) is 0 Å². The van der Waals surface area contributed by atoms with Crippen LogP contribution in [0.5, 0.6) is 0 Å². The fourth-order valence-corrected chi connectivity index (χ4v) is 4.29. The molecule has 0 amide bonds. The number of aryl methyl sites for hydroxylation is 1. The summed E-state index contributed by atoms with van der Waals surface area (Å²) in [6, 6.07) is 7.88. The molecular formula is C26H33F3O. The molecule has 0 N–H and O–H groups in total. The van der Waals surface area contributed by atoms with Crippen molar-refractivity contribution in [1.82, 2.24) is 0 Å². The van der Waals surface area contributed by atoms with Crippen LogP contribution in [0.2, 0.25) is 0 Å². The average molecular weight is 419 g/mol. The maximum Gasteiger partial charge on any atom is 0.166 e. The van der Waals surface area contributed by atoms with Gasteiger partial charge in [-0.25, -0.2) is 13.2 Å². The van der Waals surface area contributed by atoms with Crippen LogP contribution in [-0.4, -0.2) is 12.7 Å². The number of ether oxygens (including phenoxy) is 1. The first-order chi connectivity index (χ1) is 14.5. The lowest BCUT2D eigenvalue weighted by Gasteiger charge is -2.29. The zero-order valence-corrected chi connectivity index (χ0v) is 18.2. The highest BCUT2D eigenvalue weighted by molar-refractivity contribution is 5.65. The van der Waals surface area contributed by atoms with Crippen LogP contribution in [0.1, 0.15) is 82.3 Å². The summed E-state index contributed by atoms with van der Waals surface area (Å²) in [7, 11) is 0. The smallest absolute Gasteiger partial charge is 0.166 e. The third-order valence-electron chi connectivity index (χ3n) is 6.22. The zero-order valence-electron chi connectivity index (χ0n) is 18.2. The van der Waals surface area contributed by atoms with Gasteiger partial charge in [-0.15, -0.1) is 0 Å². The van der Waals surface area contributed by atoms with Crippen LogP contribution in [0.15, 0.2) is 30.3 Å². The van der Waals surface area contributed by atoms with E-state index in [9.17, 15) is 13.2 Å². The molecule has 2 aromatic rings. The van der Waals surface area contributed by atoms with Crippen molar-refractivity contribution < 1.29 is 17.9 Å². The molecule has 0 radical (unpaired) electrons. The van der Waals surface area contributed by atoms with E-state index in [-0.39, 0.29) is 23.4 Å². The first-order valence-corrected chi connectivity index (χ1v) is 11.4. The molecule has 1 saturated heterocycles. The summed E-state index contributed by atoms with van der Waals surface area (Å²) in [5, 5.41) is 0. The number of rotatable bonds is 9. The predicted octanol–water partition coefficient (Wildman–Crippen LogP) is 7.96. The number of halogens is 3. The Morgan fingerprint density at radius 3 is 2.37 bits per heavy atom. The van der Waals surface area contributed by atoms with Crippen molar-refractivity contribution in [2.75, 3.05) is 6.61 Å². The third kappa shape index (κ3) is 5.46. The quantitative estimate of drug-likeness (QED) is 0.375. The van der Waals surface area contributed by atoms with Crippen molar-refractivity contribution in [3.05, 3.63) is 58.9 Å². The van der Waals surface area contributed by atoms with Gasteiger partial charge in [0.05, 0.1) is 12.7 Å². The van der Waals surface area contributed by atoms with Gasteiger partial charge in [-0.3, -0.25) is 0 Å². The summed E-state index contributed by atoms with van der Waals surface area (Å²) in [4.78, 5) is 0.